The van der Waals surface area contributed by atoms with E-state index in [1.54, 1.807) is 19.2 Å². The van der Waals surface area contributed by atoms with Crippen molar-refractivity contribution in [1.29, 1.82) is 0 Å². The lowest BCUT2D eigenvalue weighted by atomic mass is 10.00. The molecule has 0 radical (unpaired) electrons. The normalized spacial score (nSPS) is 16.1. The summed E-state index contributed by atoms with van der Waals surface area (Å²) >= 11 is 0. The summed E-state index contributed by atoms with van der Waals surface area (Å²) in [7, 11) is 1.61. The van der Waals surface area contributed by atoms with Crippen molar-refractivity contribution in [2.75, 3.05) is 13.7 Å². The summed E-state index contributed by atoms with van der Waals surface area (Å²) in [5, 5.41) is 0. The Balaban J connectivity index is 1.62. The second-order valence-electron chi connectivity index (χ2n) is 7.63. The summed E-state index contributed by atoms with van der Waals surface area (Å²) in [6.45, 7) is -0.0150. The van der Waals surface area contributed by atoms with Crippen LogP contribution in [-0.4, -0.2) is 42.4 Å². The Morgan fingerprint density at radius 2 is 1.67 bits per heavy atom. The van der Waals surface area contributed by atoms with Gasteiger partial charge in [0.1, 0.15) is 0 Å². The molecule has 7 nitrogen and oxygen atoms in total. The third-order valence-electron chi connectivity index (χ3n) is 5.65. The van der Waals surface area contributed by atoms with Crippen LogP contribution in [0.1, 0.15) is 52.8 Å². The molecule has 3 amide bonds. The average Bonchev–Trinajstić information content (AvgIpc) is 3.33. The maximum absolute atomic E-state index is 12.7. The van der Waals surface area contributed by atoms with Gasteiger partial charge in [0, 0.05) is 13.0 Å². The molecule has 4 rings (SSSR count). The van der Waals surface area contributed by atoms with Crippen LogP contribution < -0.4 is 15.2 Å². The molecule has 2 aromatic rings. The summed E-state index contributed by atoms with van der Waals surface area (Å²) in [5.74, 6) is -0.0272. The third kappa shape index (κ3) is 3.75. The molecule has 7 heteroatoms. The predicted octanol–water partition coefficient (Wildman–Crippen LogP) is 3.16. The van der Waals surface area contributed by atoms with Crippen molar-refractivity contribution in [3.05, 3.63) is 47.5 Å². The standard InChI is InChI=1S/C23H24N2O5/c1-29-19-9-7-15(13-20(19)30-16-4-2-3-5-16)14-6-8-17-18(12-14)23(28)25(22(17)27)11-10-21(24)26/h6-9,12-13,16H,2-5,10-11H2,1H3,(H2,24,26). The lowest BCUT2D eigenvalue weighted by Crippen LogP contribution is -2.33. The first kappa shape index (κ1) is 19.9. The maximum atomic E-state index is 12.7. The van der Waals surface area contributed by atoms with Gasteiger partial charge in [-0.1, -0.05) is 12.1 Å². The number of rotatable bonds is 7. The molecule has 0 spiro atoms. The Labute approximate surface area is 174 Å². The Morgan fingerprint density at radius 3 is 2.37 bits per heavy atom. The Kier molecular flexibility index (Phi) is 5.44. The van der Waals surface area contributed by atoms with E-state index in [1.165, 1.54) is 12.8 Å². The number of imide groups is 1. The number of methoxy groups -OCH3 is 1. The number of ether oxygens (including phenoxy) is 2. The van der Waals surface area contributed by atoms with Gasteiger partial charge in [-0.2, -0.15) is 0 Å². The van der Waals surface area contributed by atoms with Crippen LogP contribution in [0.4, 0.5) is 0 Å². The zero-order valence-electron chi connectivity index (χ0n) is 16.8. The van der Waals surface area contributed by atoms with E-state index in [1.807, 2.05) is 24.3 Å². The topological polar surface area (TPSA) is 98.9 Å². The van der Waals surface area contributed by atoms with E-state index in [9.17, 15) is 14.4 Å². The first-order valence-corrected chi connectivity index (χ1v) is 10.1. The number of benzene rings is 2. The van der Waals surface area contributed by atoms with Crippen molar-refractivity contribution >= 4 is 17.7 Å². The van der Waals surface area contributed by atoms with Crippen LogP contribution in [0.2, 0.25) is 0 Å². The van der Waals surface area contributed by atoms with Crippen molar-refractivity contribution < 1.29 is 23.9 Å². The second-order valence-corrected chi connectivity index (χ2v) is 7.63. The fourth-order valence-electron chi connectivity index (χ4n) is 4.03. The molecule has 0 atom stereocenters. The summed E-state index contributed by atoms with van der Waals surface area (Å²) in [5.41, 5.74) is 7.48. The van der Waals surface area contributed by atoms with E-state index in [4.69, 9.17) is 15.2 Å². The minimum absolute atomic E-state index is 0.0150. The van der Waals surface area contributed by atoms with E-state index in [2.05, 4.69) is 0 Å². The highest BCUT2D eigenvalue weighted by Crippen LogP contribution is 2.36. The average molecular weight is 408 g/mol. The van der Waals surface area contributed by atoms with Crippen molar-refractivity contribution in [2.24, 2.45) is 5.73 Å². The number of hydrogen-bond acceptors (Lipinski definition) is 5. The molecule has 2 aromatic carbocycles. The number of primary amides is 1. The van der Waals surface area contributed by atoms with Crippen LogP contribution in [0.5, 0.6) is 11.5 Å². The van der Waals surface area contributed by atoms with E-state index in [0.29, 0.717) is 22.6 Å². The molecule has 0 saturated heterocycles. The van der Waals surface area contributed by atoms with Crippen molar-refractivity contribution in [3.8, 4) is 22.6 Å². The Hall–Kier alpha value is -3.35. The van der Waals surface area contributed by atoms with Crippen LogP contribution in [-0.2, 0) is 4.79 Å². The van der Waals surface area contributed by atoms with Gasteiger partial charge < -0.3 is 15.2 Å². The molecule has 0 aromatic heterocycles. The van der Waals surface area contributed by atoms with Gasteiger partial charge in [0.05, 0.1) is 24.3 Å². The fraction of sp³-hybridized carbons (Fsp3) is 0.348. The number of amides is 3. The van der Waals surface area contributed by atoms with Gasteiger partial charge in [0.2, 0.25) is 5.91 Å². The summed E-state index contributed by atoms with van der Waals surface area (Å²) < 4.78 is 11.6. The van der Waals surface area contributed by atoms with Crippen molar-refractivity contribution in [1.82, 2.24) is 4.90 Å². The molecule has 30 heavy (non-hydrogen) atoms. The highest BCUT2D eigenvalue weighted by atomic mass is 16.5. The third-order valence-corrected chi connectivity index (χ3v) is 5.65. The summed E-state index contributed by atoms with van der Waals surface area (Å²) in [6.07, 6.45) is 4.53. The molecule has 1 saturated carbocycles. The van der Waals surface area contributed by atoms with Crippen LogP contribution >= 0.6 is 0 Å². The van der Waals surface area contributed by atoms with E-state index < -0.39 is 17.7 Å². The minimum atomic E-state index is -0.555. The molecule has 0 unspecified atom stereocenters. The smallest absolute Gasteiger partial charge is 0.261 e. The SMILES string of the molecule is COc1ccc(-c2ccc3c(c2)C(=O)N(CCC(N)=O)C3=O)cc1OC1CCCC1. The number of hydrogen-bond donors (Lipinski definition) is 1. The molecular weight excluding hydrogens is 384 g/mol. The van der Waals surface area contributed by atoms with Crippen LogP contribution in [0.15, 0.2) is 36.4 Å². The van der Waals surface area contributed by atoms with Gasteiger partial charge in [-0.25, -0.2) is 0 Å². The number of nitrogens with zero attached hydrogens (tertiary/aromatic N) is 1. The second kappa shape index (κ2) is 8.18. The molecule has 1 heterocycles. The first-order chi connectivity index (χ1) is 14.5. The lowest BCUT2D eigenvalue weighted by molar-refractivity contribution is -0.118. The van der Waals surface area contributed by atoms with Gasteiger partial charge >= 0.3 is 0 Å². The number of carbonyl (C=O) groups is 3. The van der Waals surface area contributed by atoms with Crippen molar-refractivity contribution in [3.63, 3.8) is 0 Å². The van der Waals surface area contributed by atoms with Crippen LogP contribution in [0.25, 0.3) is 11.1 Å². The van der Waals surface area contributed by atoms with Gasteiger partial charge in [-0.05, 0) is 61.1 Å². The number of carbonyl (C=O) groups excluding carboxylic acids is 3. The highest BCUT2D eigenvalue weighted by molar-refractivity contribution is 6.21. The number of nitrogens with two attached hydrogens (primary N) is 1. The van der Waals surface area contributed by atoms with Gasteiger partial charge in [0.25, 0.3) is 11.8 Å². The summed E-state index contributed by atoms with van der Waals surface area (Å²) in [4.78, 5) is 37.3. The zero-order chi connectivity index (χ0) is 21.3. The van der Waals surface area contributed by atoms with E-state index in [0.717, 1.165) is 28.9 Å². The van der Waals surface area contributed by atoms with Gasteiger partial charge in [-0.3, -0.25) is 19.3 Å². The maximum Gasteiger partial charge on any atom is 0.261 e. The van der Waals surface area contributed by atoms with E-state index >= 15 is 0 Å². The molecule has 2 aliphatic rings. The molecule has 1 fully saturated rings. The first-order valence-electron chi connectivity index (χ1n) is 10.1. The zero-order valence-corrected chi connectivity index (χ0v) is 16.8. The monoisotopic (exact) mass is 408 g/mol. The molecular formula is C23H24N2O5. The quantitative estimate of drug-likeness (QED) is 0.710. The molecule has 156 valence electrons. The largest absolute Gasteiger partial charge is 0.493 e. The lowest BCUT2D eigenvalue weighted by Gasteiger charge is -2.17. The molecule has 1 aliphatic heterocycles. The Morgan fingerprint density at radius 1 is 1.00 bits per heavy atom. The van der Waals surface area contributed by atoms with E-state index in [-0.39, 0.29) is 19.1 Å². The number of fused-ring (bicyclic) bond motifs is 1. The van der Waals surface area contributed by atoms with Gasteiger partial charge in [-0.15, -0.1) is 0 Å². The van der Waals surface area contributed by atoms with Crippen molar-refractivity contribution in [2.45, 2.75) is 38.2 Å². The minimum Gasteiger partial charge on any atom is -0.493 e. The Bertz CT molecular complexity index is 1010. The van der Waals surface area contributed by atoms with Crippen LogP contribution in [0.3, 0.4) is 0 Å². The summed E-state index contributed by atoms with van der Waals surface area (Å²) in [6, 6.07) is 10.8. The predicted molar refractivity (Wildman–Crippen MR) is 110 cm³/mol. The highest BCUT2D eigenvalue weighted by Gasteiger charge is 2.35. The van der Waals surface area contributed by atoms with Crippen LogP contribution in [0, 0.1) is 0 Å². The van der Waals surface area contributed by atoms with Gasteiger partial charge in [0.15, 0.2) is 11.5 Å². The molecule has 0 bridgehead atoms. The fourth-order valence-corrected chi connectivity index (χ4v) is 4.03. The molecule has 2 N–H and O–H groups in total. The molecule has 1 aliphatic carbocycles.